The molecule has 116 valence electrons. The molecule has 0 N–H and O–H groups in total. The van der Waals surface area contributed by atoms with Crippen LogP contribution in [0.2, 0.25) is 0 Å². The molecular weight excluding hydrogens is 286 g/mol. The van der Waals surface area contributed by atoms with Crippen molar-refractivity contribution in [3.8, 4) is 11.3 Å². The first-order valence-electron chi connectivity index (χ1n) is 7.07. The molecule has 1 aromatic heterocycles. The van der Waals surface area contributed by atoms with E-state index in [1.165, 1.54) is 7.11 Å². The van der Waals surface area contributed by atoms with E-state index in [-0.39, 0.29) is 18.2 Å². The number of esters is 1. The third kappa shape index (κ3) is 2.88. The second kappa shape index (κ2) is 6.29. The zero-order valence-electron chi connectivity index (χ0n) is 12.4. The van der Waals surface area contributed by atoms with Crippen LogP contribution in [0.25, 0.3) is 11.3 Å². The molecule has 0 amide bonds. The topological polar surface area (TPSA) is 70.8 Å². The Balaban J connectivity index is 1.76. The van der Waals surface area contributed by atoms with Crippen molar-refractivity contribution < 1.29 is 23.5 Å². The maximum Gasteiger partial charge on any atom is 0.337 e. The summed E-state index contributed by atoms with van der Waals surface area (Å²) in [6, 6.07) is 8.84. The van der Waals surface area contributed by atoms with Gasteiger partial charge in [-0.3, -0.25) is 0 Å². The summed E-state index contributed by atoms with van der Waals surface area (Å²) in [5, 5.41) is 4.08. The molecule has 0 spiro atoms. The van der Waals surface area contributed by atoms with Crippen molar-refractivity contribution >= 4 is 5.97 Å². The molecule has 1 aromatic carbocycles. The van der Waals surface area contributed by atoms with Crippen LogP contribution in [0.4, 0.5) is 0 Å². The van der Waals surface area contributed by atoms with E-state index in [1.807, 2.05) is 13.0 Å². The molecule has 0 radical (unpaired) electrons. The smallest absolute Gasteiger partial charge is 0.337 e. The summed E-state index contributed by atoms with van der Waals surface area (Å²) < 4.78 is 21.0. The quantitative estimate of drug-likeness (QED) is 0.809. The highest BCUT2D eigenvalue weighted by Crippen LogP contribution is 2.28. The number of ether oxygens (including phenoxy) is 3. The van der Waals surface area contributed by atoms with Crippen LogP contribution >= 0.6 is 0 Å². The van der Waals surface area contributed by atoms with Gasteiger partial charge in [-0.25, -0.2) is 4.79 Å². The summed E-state index contributed by atoms with van der Waals surface area (Å²) in [5.41, 5.74) is 2.11. The first kappa shape index (κ1) is 14.7. The van der Waals surface area contributed by atoms with Gasteiger partial charge in [-0.05, 0) is 12.1 Å². The molecule has 1 saturated heterocycles. The lowest BCUT2D eigenvalue weighted by molar-refractivity contribution is -0.0583. The van der Waals surface area contributed by atoms with Crippen LogP contribution in [0.3, 0.4) is 0 Å². The summed E-state index contributed by atoms with van der Waals surface area (Å²) in [5.74, 6) is 0.263. The number of carbonyl (C=O) groups excluding carboxylic acids is 1. The first-order chi connectivity index (χ1) is 10.7. The van der Waals surface area contributed by atoms with Gasteiger partial charge in [0.1, 0.15) is 0 Å². The lowest BCUT2D eigenvalue weighted by atomic mass is 10.1. The van der Waals surface area contributed by atoms with Crippen molar-refractivity contribution in [1.29, 1.82) is 0 Å². The number of carbonyl (C=O) groups is 1. The first-order valence-corrected chi connectivity index (χ1v) is 7.07. The van der Waals surface area contributed by atoms with E-state index in [2.05, 4.69) is 9.89 Å². The van der Waals surface area contributed by atoms with Gasteiger partial charge in [-0.15, -0.1) is 0 Å². The van der Waals surface area contributed by atoms with Crippen molar-refractivity contribution in [2.45, 2.75) is 19.1 Å². The predicted molar refractivity (Wildman–Crippen MR) is 77.4 cm³/mol. The normalized spacial score (nSPS) is 16.6. The lowest BCUT2D eigenvalue weighted by Crippen LogP contribution is -2.16. The lowest BCUT2D eigenvalue weighted by Gasteiger charge is -2.14. The SMILES string of the molecule is COC(=O)c1ccc(-c2cc(C(C)C3OCCO3)no2)cc1. The molecule has 0 bridgehead atoms. The molecular formula is C16H17NO5. The number of benzene rings is 1. The van der Waals surface area contributed by atoms with Crippen molar-refractivity contribution in [1.82, 2.24) is 5.16 Å². The van der Waals surface area contributed by atoms with E-state index < -0.39 is 0 Å². The van der Waals surface area contributed by atoms with Crippen molar-refractivity contribution in [3.63, 3.8) is 0 Å². The van der Waals surface area contributed by atoms with Gasteiger partial charge < -0.3 is 18.7 Å². The third-order valence-corrected chi connectivity index (χ3v) is 3.64. The highest BCUT2D eigenvalue weighted by Gasteiger charge is 2.27. The molecule has 6 heteroatoms. The van der Waals surface area contributed by atoms with Gasteiger partial charge in [0, 0.05) is 11.6 Å². The van der Waals surface area contributed by atoms with Crippen molar-refractivity contribution in [2.75, 3.05) is 20.3 Å². The minimum atomic E-state index is -0.367. The molecule has 3 rings (SSSR count). The highest BCUT2D eigenvalue weighted by molar-refractivity contribution is 5.89. The number of nitrogens with zero attached hydrogens (tertiary/aromatic N) is 1. The molecule has 1 atom stereocenters. The number of aromatic nitrogens is 1. The van der Waals surface area contributed by atoms with Gasteiger partial charge in [-0.1, -0.05) is 24.2 Å². The zero-order chi connectivity index (χ0) is 15.5. The predicted octanol–water partition coefficient (Wildman–Crippen LogP) is 2.60. The number of methoxy groups -OCH3 is 1. The van der Waals surface area contributed by atoms with E-state index in [0.29, 0.717) is 24.5 Å². The Kier molecular flexibility index (Phi) is 4.22. The molecule has 0 aliphatic carbocycles. The molecule has 1 aliphatic heterocycles. The Morgan fingerprint density at radius 1 is 1.27 bits per heavy atom. The molecule has 0 saturated carbocycles. The molecule has 1 fully saturated rings. The minimum absolute atomic E-state index is 0.00524. The average Bonchev–Trinajstić information content (AvgIpc) is 3.25. The van der Waals surface area contributed by atoms with E-state index >= 15 is 0 Å². The average molecular weight is 303 g/mol. The highest BCUT2D eigenvalue weighted by atomic mass is 16.7. The number of hydrogen-bond acceptors (Lipinski definition) is 6. The van der Waals surface area contributed by atoms with Crippen molar-refractivity contribution in [3.05, 3.63) is 41.6 Å². The van der Waals surface area contributed by atoms with Crippen LogP contribution in [-0.4, -0.2) is 37.7 Å². The third-order valence-electron chi connectivity index (χ3n) is 3.64. The van der Waals surface area contributed by atoms with Gasteiger partial charge in [-0.2, -0.15) is 0 Å². The van der Waals surface area contributed by atoms with Gasteiger partial charge in [0.2, 0.25) is 0 Å². The fraction of sp³-hybridized carbons (Fsp3) is 0.375. The Morgan fingerprint density at radius 2 is 1.95 bits per heavy atom. The van der Waals surface area contributed by atoms with E-state index in [1.54, 1.807) is 24.3 Å². The maximum absolute atomic E-state index is 11.4. The largest absolute Gasteiger partial charge is 0.465 e. The zero-order valence-corrected chi connectivity index (χ0v) is 12.4. The monoisotopic (exact) mass is 303 g/mol. The van der Waals surface area contributed by atoms with Gasteiger partial charge in [0.25, 0.3) is 0 Å². The summed E-state index contributed by atoms with van der Waals surface area (Å²) >= 11 is 0. The van der Waals surface area contributed by atoms with Crippen LogP contribution in [0.1, 0.15) is 28.9 Å². The van der Waals surface area contributed by atoms with Crippen LogP contribution < -0.4 is 0 Å². The van der Waals surface area contributed by atoms with Crippen LogP contribution in [-0.2, 0) is 14.2 Å². The summed E-state index contributed by atoms with van der Waals surface area (Å²) in [6.45, 7) is 3.20. The molecule has 1 aliphatic rings. The number of hydrogen-bond donors (Lipinski definition) is 0. The van der Waals surface area contributed by atoms with Gasteiger partial charge in [0.15, 0.2) is 12.1 Å². The summed E-state index contributed by atoms with van der Waals surface area (Å²) in [6.07, 6.45) is -0.278. The second-order valence-corrected chi connectivity index (χ2v) is 5.08. The molecule has 2 heterocycles. The Morgan fingerprint density at radius 3 is 2.59 bits per heavy atom. The molecule has 1 unspecified atom stereocenters. The molecule has 2 aromatic rings. The van der Waals surface area contributed by atoms with E-state index in [0.717, 1.165) is 11.3 Å². The molecule has 6 nitrogen and oxygen atoms in total. The fourth-order valence-corrected chi connectivity index (χ4v) is 2.33. The number of rotatable bonds is 4. The van der Waals surface area contributed by atoms with Crippen molar-refractivity contribution in [2.24, 2.45) is 0 Å². The van der Waals surface area contributed by atoms with Gasteiger partial charge in [0.05, 0.1) is 37.5 Å². The second-order valence-electron chi connectivity index (χ2n) is 5.08. The standard InChI is InChI=1S/C16H17NO5/c1-10(16-20-7-8-21-16)13-9-14(22-17-13)11-3-5-12(6-4-11)15(18)19-2/h3-6,9-10,16H,7-8H2,1-2H3. The minimum Gasteiger partial charge on any atom is -0.465 e. The van der Waals surface area contributed by atoms with Crippen LogP contribution in [0, 0.1) is 0 Å². The summed E-state index contributed by atoms with van der Waals surface area (Å²) in [4.78, 5) is 11.4. The summed E-state index contributed by atoms with van der Waals surface area (Å²) in [7, 11) is 1.35. The van der Waals surface area contributed by atoms with Crippen LogP contribution in [0.5, 0.6) is 0 Å². The Bertz CT molecular complexity index is 643. The fourth-order valence-electron chi connectivity index (χ4n) is 2.33. The Hall–Kier alpha value is -2.18. The van der Waals surface area contributed by atoms with E-state index in [4.69, 9.17) is 14.0 Å². The Labute approximate surface area is 128 Å². The van der Waals surface area contributed by atoms with E-state index in [9.17, 15) is 4.79 Å². The molecule has 22 heavy (non-hydrogen) atoms. The maximum atomic E-state index is 11.4. The van der Waals surface area contributed by atoms with Crippen LogP contribution in [0.15, 0.2) is 34.9 Å². The van der Waals surface area contributed by atoms with Gasteiger partial charge >= 0.3 is 5.97 Å².